The van der Waals surface area contributed by atoms with Crippen LogP contribution in [0.5, 0.6) is 0 Å². The minimum Gasteiger partial charge on any atom is -0.386 e. The number of pyridine rings is 1. The molecule has 1 aromatic heterocycles. The molecule has 4 heteroatoms. The molecule has 0 bridgehead atoms. The Morgan fingerprint density at radius 1 is 1.06 bits per heavy atom. The average Bonchev–Trinajstić information content (AvgIpc) is 2.46. The summed E-state index contributed by atoms with van der Waals surface area (Å²) in [4.78, 5) is 4.28. The van der Waals surface area contributed by atoms with Gasteiger partial charge in [0, 0.05) is 6.20 Å². The van der Waals surface area contributed by atoms with Gasteiger partial charge in [0.15, 0.2) is 0 Å². The predicted molar refractivity (Wildman–Crippen MR) is 78.8 cm³/mol. The van der Waals surface area contributed by atoms with E-state index in [9.17, 15) is 5.11 Å². The summed E-state index contributed by atoms with van der Waals surface area (Å²) >= 11 is 3.23. The van der Waals surface area contributed by atoms with Crippen molar-refractivity contribution in [1.29, 1.82) is 0 Å². The van der Waals surface area contributed by atoms with Gasteiger partial charge in [0.05, 0.1) is 9.61 Å². The first-order chi connectivity index (χ1) is 8.81. The lowest BCUT2D eigenvalue weighted by atomic mass is 10.1. The lowest BCUT2D eigenvalue weighted by Gasteiger charge is -2.20. The second-order valence-corrected chi connectivity index (χ2v) is 6.18. The van der Waals surface area contributed by atoms with E-state index in [-0.39, 0.29) is 4.58 Å². The first kappa shape index (κ1) is 13.5. The number of aliphatic hydroxyl groups excluding tert-OH is 1. The molecule has 2 rings (SSSR count). The molecule has 94 valence electrons. The molecule has 0 aliphatic carbocycles. The van der Waals surface area contributed by atoms with Crippen LogP contribution < -0.4 is 0 Å². The smallest absolute Gasteiger partial charge is 0.100 e. The zero-order valence-electron chi connectivity index (χ0n) is 10.1. The Bertz CT molecular complexity index is 464. The van der Waals surface area contributed by atoms with E-state index in [0.29, 0.717) is 0 Å². The van der Waals surface area contributed by atoms with E-state index in [1.165, 1.54) is 0 Å². The van der Waals surface area contributed by atoms with Crippen molar-refractivity contribution in [3.63, 3.8) is 0 Å². The Morgan fingerprint density at radius 3 is 2.39 bits per heavy atom. The summed E-state index contributed by atoms with van der Waals surface area (Å²) in [6, 6.07) is 15.6. The highest BCUT2D eigenvalue weighted by atomic mass is 32.2. The normalized spacial score (nSPS) is 14.1. The maximum atomic E-state index is 10.4. The van der Waals surface area contributed by atoms with Crippen LogP contribution >= 0.6 is 23.5 Å². The Balaban J connectivity index is 2.09. The van der Waals surface area contributed by atoms with Crippen LogP contribution in [0.25, 0.3) is 0 Å². The van der Waals surface area contributed by atoms with Gasteiger partial charge in [-0.3, -0.25) is 0 Å². The Kier molecular flexibility index (Phi) is 5.11. The summed E-state index contributed by atoms with van der Waals surface area (Å²) in [5.74, 6) is 0. The van der Waals surface area contributed by atoms with Crippen LogP contribution in [-0.4, -0.2) is 20.9 Å². The fraction of sp³-hybridized carbons (Fsp3) is 0.214. The third-order valence-corrected chi connectivity index (χ3v) is 5.07. The topological polar surface area (TPSA) is 33.1 Å². The molecule has 2 atom stereocenters. The lowest BCUT2D eigenvalue weighted by Crippen LogP contribution is -2.11. The van der Waals surface area contributed by atoms with Crippen LogP contribution in [0.4, 0.5) is 0 Å². The summed E-state index contributed by atoms with van der Waals surface area (Å²) in [6.45, 7) is 0. The van der Waals surface area contributed by atoms with Crippen molar-refractivity contribution in [3.8, 4) is 0 Å². The number of aromatic nitrogens is 1. The fourth-order valence-electron chi connectivity index (χ4n) is 1.58. The van der Waals surface area contributed by atoms with Gasteiger partial charge in [-0.05, 0) is 24.0 Å². The van der Waals surface area contributed by atoms with Crippen molar-refractivity contribution in [3.05, 3.63) is 60.3 Å². The summed E-state index contributed by atoms with van der Waals surface area (Å²) in [7, 11) is 0. The average molecular weight is 277 g/mol. The van der Waals surface area contributed by atoms with Crippen molar-refractivity contribution >= 4 is 23.5 Å². The number of hydrogen-bond donors (Lipinski definition) is 1. The molecule has 0 saturated carbocycles. The minimum absolute atomic E-state index is 0.0438. The maximum absolute atomic E-state index is 10.4. The molecule has 0 aliphatic heterocycles. The van der Waals surface area contributed by atoms with Crippen molar-refractivity contribution in [2.45, 2.75) is 15.7 Å². The zero-order chi connectivity index (χ0) is 12.8. The number of rotatable bonds is 5. The van der Waals surface area contributed by atoms with Gasteiger partial charge in [-0.2, -0.15) is 0 Å². The molecular weight excluding hydrogens is 262 g/mol. The summed E-state index contributed by atoms with van der Waals surface area (Å²) in [6.07, 6.45) is 3.29. The molecule has 0 saturated heterocycles. The lowest BCUT2D eigenvalue weighted by molar-refractivity contribution is 0.196. The van der Waals surface area contributed by atoms with Crippen molar-refractivity contribution < 1.29 is 5.11 Å². The first-order valence-corrected chi connectivity index (χ1v) is 7.81. The van der Waals surface area contributed by atoms with Gasteiger partial charge in [0.2, 0.25) is 0 Å². The summed E-state index contributed by atoms with van der Waals surface area (Å²) in [5.41, 5.74) is 0.945. The molecule has 18 heavy (non-hydrogen) atoms. The molecule has 1 N–H and O–H groups in total. The van der Waals surface area contributed by atoms with E-state index in [1.54, 1.807) is 29.7 Å². The van der Waals surface area contributed by atoms with Gasteiger partial charge < -0.3 is 5.11 Å². The van der Waals surface area contributed by atoms with Crippen LogP contribution in [0.15, 0.2) is 59.8 Å². The van der Waals surface area contributed by atoms with Gasteiger partial charge in [0.25, 0.3) is 0 Å². The van der Waals surface area contributed by atoms with Gasteiger partial charge in [0.1, 0.15) is 6.10 Å². The monoisotopic (exact) mass is 277 g/mol. The third-order valence-electron chi connectivity index (χ3n) is 2.51. The number of aliphatic hydroxyl groups is 1. The molecule has 0 amide bonds. The molecule has 0 fully saturated rings. The zero-order valence-corrected chi connectivity index (χ0v) is 11.7. The molecule has 1 heterocycles. The summed E-state index contributed by atoms with van der Waals surface area (Å²) in [5, 5.41) is 11.3. The van der Waals surface area contributed by atoms with E-state index in [1.807, 2.05) is 54.8 Å². The van der Waals surface area contributed by atoms with Crippen LogP contribution in [0.3, 0.4) is 0 Å². The quantitative estimate of drug-likeness (QED) is 0.669. The third kappa shape index (κ3) is 3.51. The summed E-state index contributed by atoms with van der Waals surface area (Å²) < 4.78 is 0.0438. The largest absolute Gasteiger partial charge is 0.386 e. The van der Waals surface area contributed by atoms with Gasteiger partial charge in [-0.15, -0.1) is 11.8 Å². The molecule has 2 aromatic rings. The van der Waals surface area contributed by atoms with E-state index in [2.05, 4.69) is 4.98 Å². The second kappa shape index (κ2) is 6.83. The highest BCUT2D eigenvalue weighted by molar-refractivity contribution is 8.16. The molecule has 2 nitrogen and oxygen atoms in total. The molecule has 0 spiro atoms. The first-order valence-electron chi connectivity index (χ1n) is 5.65. The Labute approximate surface area is 116 Å². The Morgan fingerprint density at radius 2 is 1.78 bits per heavy atom. The van der Waals surface area contributed by atoms with Crippen LogP contribution in [0.1, 0.15) is 11.7 Å². The fourth-order valence-corrected chi connectivity index (χ4v) is 3.48. The number of benzene rings is 1. The standard InChI is InChI=1S/C14H15NOS2/c1-17-14(18-12-9-5-6-10-15-12)13(16)11-7-3-2-4-8-11/h2-10,13-14,16H,1H3/t13-,14-/m0/s1. The number of hydrogen-bond acceptors (Lipinski definition) is 4. The molecule has 1 aromatic carbocycles. The highest BCUT2D eigenvalue weighted by Crippen LogP contribution is 2.37. The van der Waals surface area contributed by atoms with E-state index < -0.39 is 6.10 Å². The molecule has 0 radical (unpaired) electrons. The van der Waals surface area contributed by atoms with Crippen molar-refractivity contribution in [2.24, 2.45) is 0 Å². The van der Waals surface area contributed by atoms with E-state index in [0.717, 1.165) is 10.6 Å². The number of thioether (sulfide) groups is 2. The molecular formula is C14H15NOS2. The minimum atomic E-state index is -0.492. The van der Waals surface area contributed by atoms with Crippen LogP contribution in [0.2, 0.25) is 0 Å². The van der Waals surface area contributed by atoms with Gasteiger partial charge in [-0.1, -0.05) is 48.2 Å². The molecule has 0 unspecified atom stereocenters. The predicted octanol–water partition coefficient (Wildman–Crippen LogP) is 3.60. The second-order valence-electron chi connectivity index (χ2n) is 3.75. The van der Waals surface area contributed by atoms with Crippen LogP contribution in [0, 0.1) is 0 Å². The maximum Gasteiger partial charge on any atom is 0.100 e. The van der Waals surface area contributed by atoms with Crippen molar-refractivity contribution in [2.75, 3.05) is 6.26 Å². The Hall–Kier alpha value is -0.970. The van der Waals surface area contributed by atoms with Gasteiger partial charge >= 0.3 is 0 Å². The van der Waals surface area contributed by atoms with Crippen LogP contribution in [-0.2, 0) is 0 Å². The van der Waals surface area contributed by atoms with E-state index in [4.69, 9.17) is 0 Å². The van der Waals surface area contributed by atoms with Gasteiger partial charge in [-0.25, -0.2) is 4.98 Å². The number of nitrogens with zero attached hydrogens (tertiary/aromatic N) is 1. The SMILES string of the molecule is CS[C@@H](Sc1ccccn1)[C@@H](O)c1ccccc1. The van der Waals surface area contributed by atoms with E-state index >= 15 is 0 Å². The molecule has 0 aliphatic rings. The van der Waals surface area contributed by atoms with Crippen molar-refractivity contribution in [1.82, 2.24) is 4.98 Å². The highest BCUT2D eigenvalue weighted by Gasteiger charge is 2.21.